The van der Waals surface area contributed by atoms with Crippen molar-refractivity contribution in [1.82, 2.24) is 14.5 Å². The van der Waals surface area contributed by atoms with Crippen molar-refractivity contribution in [2.24, 2.45) is 0 Å². The van der Waals surface area contributed by atoms with Gasteiger partial charge in [0.15, 0.2) is 5.82 Å². The van der Waals surface area contributed by atoms with Crippen LogP contribution in [0.1, 0.15) is 5.56 Å². The Balaban J connectivity index is 1.90. The van der Waals surface area contributed by atoms with Crippen LogP contribution in [0, 0.1) is 0 Å². The van der Waals surface area contributed by atoms with E-state index in [1.807, 2.05) is 18.2 Å². The summed E-state index contributed by atoms with van der Waals surface area (Å²) in [6.07, 6.45) is 0.821. The number of fused-ring (bicyclic) bond motifs is 6. The molecular formula is C18H14N4O. The zero-order valence-corrected chi connectivity index (χ0v) is 12.3. The molecule has 3 heterocycles. The zero-order valence-electron chi connectivity index (χ0n) is 12.3. The number of aryl methyl sites for hydroxylation is 1. The SMILES string of the molecule is Nc1ccc2nc3n(c(=O)c2c1)CCc1c-3[nH]c2ccccc12. The number of nitrogens with two attached hydrogens (primary N) is 1. The fourth-order valence-electron chi connectivity index (χ4n) is 3.51. The Morgan fingerprint density at radius 2 is 2.00 bits per heavy atom. The first kappa shape index (κ1) is 12.5. The van der Waals surface area contributed by atoms with E-state index in [-0.39, 0.29) is 5.56 Å². The molecule has 0 spiro atoms. The highest BCUT2D eigenvalue weighted by atomic mass is 16.1. The van der Waals surface area contributed by atoms with Gasteiger partial charge >= 0.3 is 0 Å². The largest absolute Gasteiger partial charge is 0.399 e. The first-order chi connectivity index (χ1) is 11.2. The van der Waals surface area contributed by atoms with Crippen molar-refractivity contribution in [2.75, 3.05) is 5.73 Å². The monoisotopic (exact) mass is 302 g/mol. The van der Waals surface area contributed by atoms with Gasteiger partial charge in [-0.3, -0.25) is 9.36 Å². The second-order valence-corrected chi connectivity index (χ2v) is 5.94. The fourth-order valence-corrected chi connectivity index (χ4v) is 3.51. The molecule has 1 aliphatic heterocycles. The van der Waals surface area contributed by atoms with Crippen LogP contribution in [-0.4, -0.2) is 14.5 Å². The summed E-state index contributed by atoms with van der Waals surface area (Å²) < 4.78 is 1.75. The summed E-state index contributed by atoms with van der Waals surface area (Å²) in [7, 11) is 0. The molecule has 0 radical (unpaired) electrons. The van der Waals surface area contributed by atoms with Gasteiger partial charge in [0.1, 0.15) is 0 Å². The number of benzene rings is 2. The number of aromatic nitrogens is 3. The number of aromatic amines is 1. The Labute approximate surface area is 131 Å². The minimum atomic E-state index is -0.0263. The molecule has 3 N–H and O–H groups in total. The van der Waals surface area contributed by atoms with Crippen molar-refractivity contribution in [3.8, 4) is 11.5 Å². The molecular weight excluding hydrogens is 288 g/mol. The highest BCUT2D eigenvalue weighted by Gasteiger charge is 2.23. The molecule has 0 amide bonds. The second-order valence-electron chi connectivity index (χ2n) is 5.94. The molecule has 2 aromatic carbocycles. The molecule has 0 unspecified atom stereocenters. The van der Waals surface area contributed by atoms with E-state index in [0.29, 0.717) is 29.0 Å². The van der Waals surface area contributed by atoms with Gasteiger partial charge in [0.2, 0.25) is 0 Å². The number of hydrogen-bond acceptors (Lipinski definition) is 3. The van der Waals surface area contributed by atoms with E-state index in [9.17, 15) is 4.79 Å². The molecule has 0 saturated heterocycles. The Morgan fingerprint density at radius 1 is 1.13 bits per heavy atom. The zero-order chi connectivity index (χ0) is 15.6. The minimum absolute atomic E-state index is 0.0263. The van der Waals surface area contributed by atoms with E-state index in [2.05, 4.69) is 17.1 Å². The van der Waals surface area contributed by atoms with Crippen LogP contribution in [0.5, 0.6) is 0 Å². The normalized spacial score (nSPS) is 13.2. The highest BCUT2D eigenvalue weighted by Crippen LogP contribution is 2.33. The van der Waals surface area contributed by atoms with Crippen LogP contribution in [0.3, 0.4) is 0 Å². The Bertz CT molecular complexity index is 1150. The lowest BCUT2D eigenvalue weighted by Gasteiger charge is -2.18. The lowest BCUT2D eigenvalue weighted by Crippen LogP contribution is -2.27. The van der Waals surface area contributed by atoms with Gasteiger partial charge < -0.3 is 10.7 Å². The minimum Gasteiger partial charge on any atom is -0.399 e. The van der Waals surface area contributed by atoms with E-state index >= 15 is 0 Å². The van der Waals surface area contributed by atoms with Crippen LogP contribution in [0.15, 0.2) is 47.3 Å². The molecule has 5 nitrogen and oxygen atoms in total. The Morgan fingerprint density at radius 3 is 2.91 bits per heavy atom. The number of para-hydroxylation sites is 1. The van der Waals surface area contributed by atoms with Crippen LogP contribution in [-0.2, 0) is 13.0 Å². The highest BCUT2D eigenvalue weighted by molar-refractivity contribution is 5.91. The van der Waals surface area contributed by atoms with Gasteiger partial charge in [-0.2, -0.15) is 0 Å². The van der Waals surface area contributed by atoms with Gasteiger partial charge in [-0.1, -0.05) is 18.2 Å². The maximum absolute atomic E-state index is 12.8. The van der Waals surface area contributed by atoms with Crippen LogP contribution in [0.25, 0.3) is 33.3 Å². The number of nitrogens with one attached hydrogen (secondary N) is 1. The summed E-state index contributed by atoms with van der Waals surface area (Å²) in [5.74, 6) is 0.713. The predicted molar refractivity (Wildman–Crippen MR) is 91.4 cm³/mol. The number of nitrogen functional groups attached to an aromatic ring is 1. The predicted octanol–water partition coefficient (Wildman–Crippen LogP) is 2.68. The molecule has 5 rings (SSSR count). The topological polar surface area (TPSA) is 76.7 Å². The molecule has 1 aliphatic rings. The van der Waals surface area contributed by atoms with E-state index in [0.717, 1.165) is 17.6 Å². The molecule has 4 aromatic rings. The van der Waals surface area contributed by atoms with Gasteiger partial charge in [-0.15, -0.1) is 0 Å². The van der Waals surface area contributed by atoms with E-state index in [1.54, 1.807) is 16.7 Å². The first-order valence-electron chi connectivity index (χ1n) is 7.62. The van der Waals surface area contributed by atoms with Crippen molar-refractivity contribution < 1.29 is 0 Å². The summed E-state index contributed by atoms with van der Waals surface area (Å²) in [6, 6.07) is 13.5. The van der Waals surface area contributed by atoms with Crippen LogP contribution in [0.4, 0.5) is 5.69 Å². The van der Waals surface area contributed by atoms with Crippen LogP contribution in [0.2, 0.25) is 0 Å². The molecule has 0 atom stereocenters. The van der Waals surface area contributed by atoms with E-state index < -0.39 is 0 Å². The Kier molecular flexibility index (Phi) is 2.29. The molecule has 5 heteroatoms. The number of H-pyrrole nitrogens is 1. The van der Waals surface area contributed by atoms with Crippen molar-refractivity contribution in [2.45, 2.75) is 13.0 Å². The summed E-state index contributed by atoms with van der Waals surface area (Å²) in [5.41, 5.74) is 10.3. The van der Waals surface area contributed by atoms with Gasteiger partial charge in [0, 0.05) is 23.1 Å². The fraction of sp³-hybridized carbons (Fsp3) is 0.111. The molecule has 2 aromatic heterocycles. The molecule has 0 bridgehead atoms. The third kappa shape index (κ3) is 1.61. The smallest absolute Gasteiger partial charge is 0.261 e. The average molecular weight is 302 g/mol. The number of rotatable bonds is 0. The van der Waals surface area contributed by atoms with Gasteiger partial charge in [0.25, 0.3) is 5.56 Å². The standard InChI is InChI=1S/C18H14N4O/c19-10-5-6-15-13(9-10)18(23)22-8-7-12-11-3-1-2-4-14(11)20-16(12)17(22)21-15/h1-6,9,20H,7-8,19H2. The van der Waals surface area contributed by atoms with E-state index in [4.69, 9.17) is 10.7 Å². The number of nitrogens with zero attached hydrogens (tertiary/aromatic N) is 2. The van der Waals surface area contributed by atoms with Crippen molar-refractivity contribution in [3.63, 3.8) is 0 Å². The van der Waals surface area contributed by atoms with Crippen molar-refractivity contribution >= 4 is 27.5 Å². The molecule has 23 heavy (non-hydrogen) atoms. The van der Waals surface area contributed by atoms with Crippen molar-refractivity contribution in [3.05, 3.63) is 58.4 Å². The van der Waals surface area contributed by atoms with E-state index in [1.165, 1.54) is 10.9 Å². The number of hydrogen-bond donors (Lipinski definition) is 2. The quantitative estimate of drug-likeness (QED) is 0.490. The molecule has 0 fully saturated rings. The third-order valence-corrected chi connectivity index (χ3v) is 4.60. The lowest BCUT2D eigenvalue weighted by molar-refractivity contribution is 0.653. The number of anilines is 1. The van der Waals surface area contributed by atoms with Gasteiger partial charge in [-0.25, -0.2) is 4.98 Å². The first-order valence-corrected chi connectivity index (χ1v) is 7.62. The second kappa shape index (κ2) is 4.23. The van der Waals surface area contributed by atoms with Crippen LogP contribution >= 0.6 is 0 Å². The lowest BCUT2D eigenvalue weighted by atomic mass is 10.0. The average Bonchev–Trinajstić information content (AvgIpc) is 2.95. The Hall–Kier alpha value is -3.08. The van der Waals surface area contributed by atoms with Gasteiger partial charge in [-0.05, 0) is 36.2 Å². The summed E-state index contributed by atoms with van der Waals surface area (Å²) in [5, 5.41) is 1.79. The molecule has 112 valence electrons. The van der Waals surface area contributed by atoms with Crippen molar-refractivity contribution in [1.29, 1.82) is 0 Å². The molecule has 0 aliphatic carbocycles. The maximum Gasteiger partial charge on any atom is 0.261 e. The van der Waals surface area contributed by atoms with Gasteiger partial charge in [0.05, 0.1) is 16.6 Å². The third-order valence-electron chi connectivity index (χ3n) is 4.60. The summed E-state index contributed by atoms with van der Waals surface area (Å²) >= 11 is 0. The maximum atomic E-state index is 12.8. The summed E-state index contributed by atoms with van der Waals surface area (Å²) in [6.45, 7) is 0.640. The van der Waals surface area contributed by atoms with Crippen LogP contribution < -0.4 is 11.3 Å². The molecule has 0 saturated carbocycles. The summed E-state index contributed by atoms with van der Waals surface area (Å²) in [4.78, 5) is 21.0.